The van der Waals surface area contributed by atoms with Crippen molar-refractivity contribution < 1.29 is 17.9 Å². The minimum atomic E-state index is -4.62. The Morgan fingerprint density at radius 3 is 1.73 bits per heavy atom. The smallest absolute Gasteiger partial charge is 0.351 e. The Labute approximate surface area is 157 Å². The molecule has 0 saturated heterocycles. The first-order chi connectivity index (χ1) is 12.0. The Bertz CT molecular complexity index is 604. The van der Waals surface area contributed by atoms with E-state index in [4.69, 9.17) is 4.74 Å². The second-order valence-electron chi connectivity index (χ2n) is 7.63. The molecule has 0 aliphatic carbocycles. The number of benzene rings is 1. The molecule has 0 bridgehead atoms. The van der Waals surface area contributed by atoms with Crippen molar-refractivity contribution in [2.45, 2.75) is 76.9 Å². The SMILES string of the molecule is CCOC(C#C[Si](C(C)C)(C(C)C)C(C)C)(c1ccccc1)C(F)(F)F. The second kappa shape index (κ2) is 8.62. The summed E-state index contributed by atoms with van der Waals surface area (Å²) in [6.45, 7) is 14.0. The first-order valence-corrected chi connectivity index (χ1v) is 11.5. The molecule has 1 aromatic rings. The molecule has 0 aliphatic rings. The molecular weight excluding hydrogens is 353 g/mol. The predicted molar refractivity (Wildman–Crippen MR) is 105 cm³/mol. The molecule has 0 saturated carbocycles. The van der Waals surface area contributed by atoms with E-state index in [9.17, 15) is 13.2 Å². The maximum atomic E-state index is 14.2. The van der Waals surface area contributed by atoms with Crippen LogP contribution in [0.25, 0.3) is 0 Å². The van der Waals surface area contributed by atoms with Gasteiger partial charge in [0, 0.05) is 12.2 Å². The van der Waals surface area contributed by atoms with Crippen molar-refractivity contribution in [1.29, 1.82) is 0 Å². The summed E-state index contributed by atoms with van der Waals surface area (Å²) < 4.78 is 48.0. The summed E-state index contributed by atoms with van der Waals surface area (Å²) in [6.07, 6.45) is -4.62. The van der Waals surface area contributed by atoms with Crippen molar-refractivity contribution in [1.82, 2.24) is 0 Å². The van der Waals surface area contributed by atoms with E-state index < -0.39 is 19.9 Å². The molecule has 1 aromatic carbocycles. The van der Waals surface area contributed by atoms with Gasteiger partial charge in [-0.2, -0.15) is 13.2 Å². The van der Waals surface area contributed by atoms with Crippen molar-refractivity contribution in [3.63, 3.8) is 0 Å². The maximum Gasteiger partial charge on any atom is 0.433 e. The average molecular weight is 385 g/mol. The van der Waals surface area contributed by atoms with Gasteiger partial charge in [-0.15, -0.1) is 5.54 Å². The maximum absolute atomic E-state index is 14.2. The van der Waals surface area contributed by atoms with Crippen LogP contribution in [0.5, 0.6) is 0 Å². The lowest BCUT2D eigenvalue weighted by atomic mass is 9.93. The molecule has 0 aromatic heterocycles. The van der Waals surface area contributed by atoms with Gasteiger partial charge in [-0.1, -0.05) is 77.8 Å². The number of rotatable bonds is 6. The molecule has 0 spiro atoms. The molecule has 0 aliphatic heterocycles. The number of hydrogen-bond donors (Lipinski definition) is 0. The van der Waals surface area contributed by atoms with Crippen LogP contribution in [0.4, 0.5) is 13.2 Å². The zero-order valence-electron chi connectivity index (χ0n) is 16.9. The van der Waals surface area contributed by atoms with Crippen LogP contribution < -0.4 is 0 Å². The van der Waals surface area contributed by atoms with Crippen LogP contribution in [0.3, 0.4) is 0 Å². The van der Waals surface area contributed by atoms with E-state index in [2.05, 4.69) is 53.0 Å². The number of hydrogen-bond acceptors (Lipinski definition) is 1. The summed E-state index contributed by atoms with van der Waals surface area (Å²) in [5.74, 6) is 2.64. The lowest BCUT2D eigenvalue weighted by Gasteiger charge is -2.39. The van der Waals surface area contributed by atoms with Gasteiger partial charge < -0.3 is 4.74 Å². The van der Waals surface area contributed by atoms with Crippen LogP contribution in [0.2, 0.25) is 16.6 Å². The van der Waals surface area contributed by atoms with E-state index in [0.717, 1.165) is 0 Å². The van der Waals surface area contributed by atoms with E-state index in [-0.39, 0.29) is 28.8 Å². The summed E-state index contributed by atoms with van der Waals surface area (Å²) in [5, 5.41) is 0. The van der Waals surface area contributed by atoms with Gasteiger partial charge in [0.05, 0.1) is 0 Å². The Balaban J connectivity index is 3.74. The normalized spacial score (nSPS) is 15.1. The first kappa shape index (κ1) is 22.8. The fourth-order valence-corrected chi connectivity index (χ4v) is 9.29. The fourth-order valence-electron chi connectivity index (χ4n) is 4.03. The number of ether oxygens (including phenoxy) is 1. The van der Waals surface area contributed by atoms with Crippen molar-refractivity contribution in [2.75, 3.05) is 6.61 Å². The van der Waals surface area contributed by atoms with Crippen LogP contribution in [0.15, 0.2) is 30.3 Å². The largest absolute Gasteiger partial charge is 0.433 e. The van der Waals surface area contributed by atoms with Crippen molar-refractivity contribution in [3.8, 4) is 11.5 Å². The molecular formula is C21H31F3OSi. The molecule has 0 fully saturated rings. The van der Waals surface area contributed by atoms with E-state index in [1.807, 2.05) is 0 Å². The fraction of sp³-hybridized carbons (Fsp3) is 0.619. The van der Waals surface area contributed by atoms with E-state index in [1.54, 1.807) is 25.1 Å². The zero-order chi connectivity index (χ0) is 20.2. The van der Waals surface area contributed by atoms with Gasteiger partial charge >= 0.3 is 6.18 Å². The summed E-state index contributed by atoms with van der Waals surface area (Å²) in [7, 11) is -2.32. The van der Waals surface area contributed by atoms with Crippen molar-refractivity contribution in [2.24, 2.45) is 0 Å². The lowest BCUT2D eigenvalue weighted by Crippen LogP contribution is -2.47. The summed E-state index contributed by atoms with van der Waals surface area (Å²) in [5.41, 5.74) is 1.41. The summed E-state index contributed by atoms with van der Waals surface area (Å²) >= 11 is 0. The quantitative estimate of drug-likeness (QED) is 0.391. The highest BCUT2D eigenvalue weighted by molar-refractivity contribution is 6.90. The molecule has 1 atom stereocenters. The molecule has 26 heavy (non-hydrogen) atoms. The molecule has 0 radical (unpaired) electrons. The van der Waals surface area contributed by atoms with Crippen LogP contribution >= 0.6 is 0 Å². The standard InChI is InChI=1S/C21H31F3OSi/c1-8-25-20(21(22,23)24,19-12-10-9-11-13-19)14-15-26(16(2)3,17(4)5)18(6)7/h9-13,16-18H,8H2,1-7H3. The number of alkyl halides is 3. The third-order valence-corrected chi connectivity index (χ3v) is 11.6. The molecule has 1 rings (SSSR count). The van der Waals surface area contributed by atoms with Crippen molar-refractivity contribution >= 4 is 8.07 Å². The Hall–Kier alpha value is -1.25. The van der Waals surface area contributed by atoms with E-state index in [1.165, 1.54) is 12.1 Å². The van der Waals surface area contributed by atoms with E-state index in [0.29, 0.717) is 0 Å². The molecule has 1 unspecified atom stereocenters. The average Bonchev–Trinajstić information content (AvgIpc) is 2.53. The van der Waals surface area contributed by atoms with Crippen LogP contribution in [-0.2, 0) is 10.3 Å². The Morgan fingerprint density at radius 1 is 0.923 bits per heavy atom. The van der Waals surface area contributed by atoms with Crippen LogP contribution in [0, 0.1) is 11.5 Å². The highest BCUT2D eigenvalue weighted by atomic mass is 28.3. The van der Waals surface area contributed by atoms with Crippen molar-refractivity contribution in [3.05, 3.63) is 35.9 Å². The molecule has 0 amide bonds. The molecule has 5 heteroatoms. The Kier molecular flexibility index (Phi) is 7.56. The van der Waals surface area contributed by atoms with Gasteiger partial charge in [-0.05, 0) is 23.5 Å². The summed E-state index contributed by atoms with van der Waals surface area (Å²) in [6, 6.07) is 7.77. The molecule has 1 nitrogen and oxygen atoms in total. The van der Waals surface area contributed by atoms with Gasteiger partial charge in [0.15, 0.2) is 0 Å². The minimum Gasteiger partial charge on any atom is -0.351 e. The first-order valence-electron chi connectivity index (χ1n) is 9.26. The molecule has 0 heterocycles. The van der Waals surface area contributed by atoms with Gasteiger partial charge in [-0.3, -0.25) is 0 Å². The third-order valence-electron chi connectivity index (χ3n) is 5.26. The predicted octanol–water partition coefficient (Wildman–Crippen LogP) is 6.70. The van der Waals surface area contributed by atoms with Crippen LogP contribution in [0.1, 0.15) is 54.0 Å². The van der Waals surface area contributed by atoms with E-state index >= 15 is 0 Å². The topological polar surface area (TPSA) is 9.23 Å². The minimum absolute atomic E-state index is 0.0426. The lowest BCUT2D eigenvalue weighted by molar-refractivity contribution is -0.258. The third kappa shape index (κ3) is 4.18. The van der Waals surface area contributed by atoms with Gasteiger partial charge in [-0.25, -0.2) is 0 Å². The highest BCUT2D eigenvalue weighted by Gasteiger charge is 2.57. The second-order valence-corrected chi connectivity index (χ2v) is 13.2. The Morgan fingerprint density at radius 2 is 1.38 bits per heavy atom. The molecule has 146 valence electrons. The van der Waals surface area contributed by atoms with Gasteiger partial charge in [0.25, 0.3) is 0 Å². The van der Waals surface area contributed by atoms with Crippen LogP contribution in [-0.4, -0.2) is 20.9 Å². The monoisotopic (exact) mass is 384 g/mol. The van der Waals surface area contributed by atoms with Gasteiger partial charge in [0.2, 0.25) is 5.60 Å². The zero-order valence-corrected chi connectivity index (χ0v) is 17.9. The highest BCUT2D eigenvalue weighted by Crippen LogP contribution is 2.44. The summed E-state index contributed by atoms with van der Waals surface area (Å²) in [4.78, 5) is 0. The number of halogens is 3. The van der Waals surface area contributed by atoms with Gasteiger partial charge in [0.1, 0.15) is 8.07 Å². The molecule has 0 N–H and O–H groups in total.